The summed E-state index contributed by atoms with van der Waals surface area (Å²) in [5.41, 5.74) is 1.52. The molecule has 2 N–H and O–H groups in total. The quantitative estimate of drug-likeness (QED) is 0.618. The number of alkyl halides is 3. The first-order valence-electron chi connectivity index (χ1n) is 9.42. The van der Waals surface area contributed by atoms with Crippen molar-refractivity contribution in [3.63, 3.8) is 0 Å². The van der Waals surface area contributed by atoms with Gasteiger partial charge in [0.2, 0.25) is 11.8 Å². The van der Waals surface area contributed by atoms with Gasteiger partial charge in [0.1, 0.15) is 23.4 Å². The SMILES string of the molecule is COc1ccccc1-c1cnn2c1NC(=O)CC2C(=O)Nc1ccc(OC(F)(F)F)cc1. The second-order valence-electron chi connectivity index (χ2n) is 6.88. The van der Waals surface area contributed by atoms with Crippen LogP contribution in [0.3, 0.4) is 0 Å². The minimum Gasteiger partial charge on any atom is -0.496 e. The number of anilines is 2. The van der Waals surface area contributed by atoms with E-state index in [1.807, 2.05) is 6.07 Å². The number of carbonyl (C=O) groups is 2. The zero-order chi connectivity index (χ0) is 22.9. The van der Waals surface area contributed by atoms with Gasteiger partial charge in [0.15, 0.2) is 0 Å². The summed E-state index contributed by atoms with van der Waals surface area (Å²) < 4.78 is 47.5. The molecule has 1 unspecified atom stereocenters. The Labute approximate surface area is 179 Å². The van der Waals surface area contributed by atoms with Crippen LogP contribution in [-0.2, 0) is 9.59 Å². The lowest BCUT2D eigenvalue weighted by molar-refractivity contribution is -0.274. The van der Waals surface area contributed by atoms with Crippen LogP contribution in [-0.4, -0.2) is 35.1 Å². The van der Waals surface area contributed by atoms with Gasteiger partial charge in [0.25, 0.3) is 0 Å². The van der Waals surface area contributed by atoms with Crippen molar-refractivity contribution in [2.75, 3.05) is 17.7 Å². The van der Waals surface area contributed by atoms with Crippen molar-refractivity contribution < 1.29 is 32.2 Å². The Kier molecular flexibility index (Phi) is 5.47. The molecule has 0 radical (unpaired) electrons. The van der Waals surface area contributed by atoms with Crippen LogP contribution in [0.2, 0.25) is 0 Å². The van der Waals surface area contributed by atoms with Gasteiger partial charge in [0, 0.05) is 16.8 Å². The summed E-state index contributed by atoms with van der Waals surface area (Å²) in [4.78, 5) is 25.2. The number of aromatic nitrogens is 2. The number of hydrogen-bond donors (Lipinski definition) is 2. The molecular weight excluding hydrogens is 429 g/mol. The number of hydrogen-bond acceptors (Lipinski definition) is 5. The summed E-state index contributed by atoms with van der Waals surface area (Å²) >= 11 is 0. The third-order valence-electron chi connectivity index (χ3n) is 4.78. The molecule has 0 saturated carbocycles. The van der Waals surface area contributed by atoms with Crippen LogP contribution in [0.5, 0.6) is 11.5 Å². The van der Waals surface area contributed by atoms with Crippen LogP contribution in [0.25, 0.3) is 11.1 Å². The molecule has 2 heterocycles. The van der Waals surface area contributed by atoms with Gasteiger partial charge < -0.3 is 20.1 Å². The summed E-state index contributed by atoms with van der Waals surface area (Å²) in [6.07, 6.45) is -3.43. The maximum Gasteiger partial charge on any atom is 0.573 e. The van der Waals surface area contributed by atoms with Crippen LogP contribution in [0, 0.1) is 0 Å². The van der Waals surface area contributed by atoms with Crippen molar-refractivity contribution in [3.05, 3.63) is 54.7 Å². The lowest BCUT2D eigenvalue weighted by Gasteiger charge is -2.24. The van der Waals surface area contributed by atoms with Gasteiger partial charge >= 0.3 is 6.36 Å². The highest BCUT2D eigenvalue weighted by Gasteiger charge is 2.34. The van der Waals surface area contributed by atoms with E-state index in [1.165, 1.54) is 30.1 Å². The van der Waals surface area contributed by atoms with Gasteiger partial charge in [-0.05, 0) is 30.3 Å². The number of para-hydroxylation sites is 1. The van der Waals surface area contributed by atoms with E-state index in [0.717, 1.165) is 12.1 Å². The molecule has 1 aromatic heterocycles. The monoisotopic (exact) mass is 446 g/mol. The molecule has 3 aromatic rings. The van der Waals surface area contributed by atoms with E-state index in [9.17, 15) is 22.8 Å². The number of methoxy groups -OCH3 is 1. The molecule has 32 heavy (non-hydrogen) atoms. The van der Waals surface area contributed by atoms with Gasteiger partial charge in [0.05, 0.1) is 19.7 Å². The molecule has 1 aliphatic rings. The predicted octanol–water partition coefficient (Wildman–Crippen LogP) is 3.98. The number of fused-ring (bicyclic) bond motifs is 1. The van der Waals surface area contributed by atoms with Gasteiger partial charge in [-0.2, -0.15) is 5.10 Å². The Morgan fingerprint density at radius 3 is 2.56 bits per heavy atom. The molecule has 2 aromatic carbocycles. The molecular formula is C21H17F3N4O4. The lowest BCUT2D eigenvalue weighted by Crippen LogP contribution is -2.35. The fourth-order valence-corrected chi connectivity index (χ4v) is 3.40. The molecule has 0 saturated heterocycles. The fraction of sp³-hybridized carbons (Fsp3) is 0.190. The minimum atomic E-state index is -4.81. The summed E-state index contributed by atoms with van der Waals surface area (Å²) in [5, 5.41) is 9.61. The van der Waals surface area contributed by atoms with Crippen molar-refractivity contribution in [2.24, 2.45) is 0 Å². The normalized spacial score (nSPS) is 15.5. The number of nitrogens with one attached hydrogen (secondary N) is 2. The maximum atomic E-state index is 12.9. The van der Waals surface area contributed by atoms with Crippen LogP contribution >= 0.6 is 0 Å². The third kappa shape index (κ3) is 4.36. The average Bonchev–Trinajstić information content (AvgIpc) is 3.17. The fourth-order valence-electron chi connectivity index (χ4n) is 3.40. The number of rotatable bonds is 5. The lowest BCUT2D eigenvalue weighted by atomic mass is 10.1. The molecule has 1 atom stereocenters. The van der Waals surface area contributed by atoms with Gasteiger partial charge in [-0.15, -0.1) is 13.2 Å². The highest BCUT2D eigenvalue weighted by atomic mass is 19.4. The number of halogens is 3. The molecule has 2 amide bonds. The van der Waals surface area contributed by atoms with E-state index in [1.54, 1.807) is 18.2 Å². The van der Waals surface area contributed by atoms with E-state index in [2.05, 4.69) is 20.5 Å². The van der Waals surface area contributed by atoms with Crippen molar-refractivity contribution >= 4 is 23.3 Å². The number of carbonyl (C=O) groups excluding carboxylic acids is 2. The first-order chi connectivity index (χ1) is 15.2. The topological polar surface area (TPSA) is 94.5 Å². The molecule has 0 aliphatic carbocycles. The number of nitrogens with zero attached hydrogens (tertiary/aromatic N) is 2. The van der Waals surface area contributed by atoms with E-state index in [-0.39, 0.29) is 18.0 Å². The third-order valence-corrected chi connectivity index (χ3v) is 4.78. The zero-order valence-electron chi connectivity index (χ0n) is 16.6. The molecule has 0 fully saturated rings. The molecule has 4 rings (SSSR count). The van der Waals surface area contributed by atoms with Gasteiger partial charge in [-0.1, -0.05) is 18.2 Å². The van der Waals surface area contributed by atoms with Gasteiger partial charge in [-0.3, -0.25) is 9.59 Å². The van der Waals surface area contributed by atoms with Crippen molar-refractivity contribution in [2.45, 2.75) is 18.8 Å². The summed E-state index contributed by atoms with van der Waals surface area (Å²) in [7, 11) is 1.52. The zero-order valence-corrected chi connectivity index (χ0v) is 16.6. The highest BCUT2D eigenvalue weighted by molar-refractivity contribution is 6.03. The second kappa shape index (κ2) is 8.25. The molecule has 1 aliphatic heterocycles. The predicted molar refractivity (Wildman–Crippen MR) is 108 cm³/mol. The Balaban J connectivity index is 1.58. The summed E-state index contributed by atoms with van der Waals surface area (Å²) in [5.74, 6) is -0.406. The number of amides is 2. The Bertz CT molecular complexity index is 1160. The van der Waals surface area contributed by atoms with E-state index in [4.69, 9.17) is 4.74 Å². The average molecular weight is 446 g/mol. The minimum absolute atomic E-state index is 0.152. The summed E-state index contributed by atoms with van der Waals surface area (Å²) in [6.45, 7) is 0. The molecule has 11 heteroatoms. The Morgan fingerprint density at radius 2 is 1.88 bits per heavy atom. The molecule has 0 spiro atoms. The van der Waals surface area contributed by atoms with Crippen molar-refractivity contribution in [3.8, 4) is 22.6 Å². The number of ether oxygens (including phenoxy) is 2. The Morgan fingerprint density at radius 1 is 1.16 bits per heavy atom. The first kappa shape index (κ1) is 21.2. The second-order valence-corrected chi connectivity index (χ2v) is 6.88. The molecule has 0 bridgehead atoms. The van der Waals surface area contributed by atoms with Crippen molar-refractivity contribution in [1.82, 2.24) is 9.78 Å². The Hall–Kier alpha value is -4.02. The maximum absolute atomic E-state index is 12.9. The largest absolute Gasteiger partial charge is 0.573 e. The summed E-state index contributed by atoms with van der Waals surface area (Å²) in [6, 6.07) is 10.9. The standard InChI is InChI=1S/C21H17F3N4O4/c1-31-17-5-3-2-4-14(17)15-11-25-28-16(10-18(29)27-19(15)28)20(30)26-12-6-8-13(9-7-12)32-21(22,23)24/h2-9,11,16H,10H2,1H3,(H,26,30)(H,27,29). The van der Waals surface area contributed by atoms with E-state index >= 15 is 0 Å². The first-order valence-corrected chi connectivity index (χ1v) is 9.42. The number of benzene rings is 2. The van der Waals surface area contributed by atoms with E-state index in [0.29, 0.717) is 22.7 Å². The molecule has 166 valence electrons. The van der Waals surface area contributed by atoms with Crippen LogP contribution in [0.4, 0.5) is 24.7 Å². The smallest absolute Gasteiger partial charge is 0.496 e. The van der Waals surface area contributed by atoms with Crippen LogP contribution < -0.4 is 20.1 Å². The van der Waals surface area contributed by atoms with Crippen molar-refractivity contribution in [1.29, 1.82) is 0 Å². The van der Waals surface area contributed by atoms with Crippen LogP contribution in [0.1, 0.15) is 12.5 Å². The van der Waals surface area contributed by atoms with E-state index < -0.39 is 24.1 Å². The highest BCUT2D eigenvalue weighted by Crippen LogP contribution is 2.38. The molecule has 8 nitrogen and oxygen atoms in total. The van der Waals surface area contributed by atoms with Gasteiger partial charge in [-0.25, -0.2) is 4.68 Å². The van der Waals surface area contributed by atoms with Crippen LogP contribution in [0.15, 0.2) is 54.7 Å².